The molecule has 0 aliphatic rings. The van der Waals surface area contributed by atoms with Gasteiger partial charge in [0.05, 0.1) is 12.7 Å². The normalized spacial score (nSPS) is 12.9. The topological polar surface area (TPSA) is 35.5 Å². The minimum Gasteiger partial charge on any atom is -0.479 e. The first kappa shape index (κ1) is 15.3. The Kier molecular flexibility index (Phi) is 4.74. The van der Waals surface area contributed by atoms with Crippen molar-refractivity contribution in [3.8, 4) is 5.75 Å². The Morgan fingerprint density at radius 1 is 1.37 bits per heavy atom. The second kappa shape index (κ2) is 5.90. The summed E-state index contributed by atoms with van der Waals surface area (Å²) in [5, 5.41) is 0. The van der Waals surface area contributed by atoms with E-state index in [9.17, 15) is 22.4 Å². The SMILES string of the molecule is CCC(Oc1ccc(F)c(C(F)(F)F)c1)C(=O)OC. The third-order valence-electron chi connectivity index (χ3n) is 2.36. The summed E-state index contributed by atoms with van der Waals surface area (Å²) in [6.45, 7) is 1.61. The Hall–Kier alpha value is -1.79. The molecule has 19 heavy (non-hydrogen) atoms. The fourth-order valence-corrected chi connectivity index (χ4v) is 1.39. The van der Waals surface area contributed by atoms with Gasteiger partial charge in [-0.2, -0.15) is 13.2 Å². The predicted molar refractivity (Wildman–Crippen MR) is 58.1 cm³/mol. The van der Waals surface area contributed by atoms with Gasteiger partial charge in [-0.15, -0.1) is 0 Å². The highest BCUT2D eigenvalue weighted by molar-refractivity contribution is 5.74. The van der Waals surface area contributed by atoms with E-state index in [0.717, 1.165) is 13.2 Å². The summed E-state index contributed by atoms with van der Waals surface area (Å²) < 4.78 is 60.0. The van der Waals surface area contributed by atoms with Crippen molar-refractivity contribution in [2.75, 3.05) is 7.11 Å². The molecule has 0 spiro atoms. The van der Waals surface area contributed by atoms with E-state index in [-0.39, 0.29) is 12.2 Å². The summed E-state index contributed by atoms with van der Waals surface area (Å²) in [7, 11) is 1.14. The highest BCUT2D eigenvalue weighted by atomic mass is 19.4. The van der Waals surface area contributed by atoms with Gasteiger partial charge in [0, 0.05) is 0 Å². The van der Waals surface area contributed by atoms with Crippen LogP contribution in [0.4, 0.5) is 17.6 Å². The predicted octanol–water partition coefficient (Wildman–Crippen LogP) is 3.17. The molecule has 0 saturated heterocycles. The number of carbonyl (C=O) groups is 1. The maximum absolute atomic E-state index is 13.0. The second-order valence-electron chi connectivity index (χ2n) is 3.68. The van der Waals surface area contributed by atoms with Gasteiger partial charge in [0.25, 0.3) is 0 Å². The smallest absolute Gasteiger partial charge is 0.419 e. The standard InChI is InChI=1S/C12H12F4O3/c1-3-10(11(17)18-2)19-7-4-5-9(13)8(6-7)12(14,15)16/h4-6,10H,3H2,1-2H3. The first-order chi connectivity index (χ1) is 8.79. The van der Waals surface area contributed by atoms with E-state index >= 15 is 0 Å². The Balaban J connectivity index is 3.00. The van der Waals surface area contributed by atoms with Crippen LogP contribution in [0.1, 0.15) is 18.9 Å². The Morgan fingerprint density at radius 3 is 2.47 bits per heavy atom. The number of hydrogen-bond acceptors (Lipinski definition) is 3. The highest BCUT2D eigenvalue weighted by Crippen LogP contribution is 2.33. The largest absolute Gasteiger partial charge is 0.479 e. The van der Waals surface area contributed by atoms with Crippen molar-refractivity contribution in [1.82, 2.24) is 0 Å². The van der Waals surface area contributed by atoms with Crippen LogP contribution in [-0.4, -0.2) is 19.2 Å². The van der Waals surface area contributed by atoms with Crippen molar-refractivity contribution < 1.29 is 31.8 Å². The van der Waals surface area contributed by atoms with E-state index in [0.29, 0.717) is 12.1 Å². The van der Waals surface area contributed by atoms with Crippen LogP contribution >= 0.6 is 0 Å². The first-order valence-electron chi connectivity index (χ1n) is 5.40. The molecule has 0 heterocycles. The van der Waals surface area contributed by atoms with Crippen molar-refractivity contribution in [2.45, 2.75) is 25.6 Å². The van der Waals surface area contributed by atoms with Crippen molar-refractivity contribution in [3.63, 3.8) is 0 Å². The Labute approximate surface area is 107 Å². The van der Waals surface area contributed by atoms with Crippen molar-refractivity contribution in [1.29, 1.82) is 0 Å². The molecule has 1 aromatic carbocycles. The molecule has 0 saturated carbocycles. The van der Waals surface area contributed by atoms with Gasteiger partial charge < -0.3 is 9.47 Å². The first-order valence-corrected chi connectivity index (χ1v) is 5.40. The van der Waals surface area contributed by atoms with Crippen LogP contribution in [0.15, 0.2) is 18.2 Å². The minimum atomic E-state index is -4.82. The zero-order valence-electron chi connectivity index (χ0n) is 10.3. The van der Waals surface area contributed by atoms with E-state index in [1.807, 2.05) is 0 Å². The quantitative estimate of drug-likeness (QED) is 0.627. The molecule has 1 aromatic rings. The highest BCUT2D eigenvalue weighted by Gasteiger charge is 2.34. The number of benzene rings is 1. The number of methoxy groups -OCH3 is 1. The van der Waals surface area contributed by atoms with E-state index in [1.165, 1.54) is 0 Å². The van der Waals surface area contributed by atoms with Crippen LogP contribution < -0.4 is 4.74 Å². The molecular formula is C12H12F4O3. The van der Waals surface area contributed by atoms with Crippen LogP contribution in [0.3, 0.4) is 0 Å². The maximum atomic E-state index is 13.0. The molecule has 1 unspecified atom stereocenters. The third kappa shape index (κ3) is 3.84. The van der Waals surface area contributed by atoms with Crippen LogP contribution in [-0.2, 0) is 15.7 Å². The van der Waals surface area contributed by atoms with E-state index in [1.54, 1.807) is 6.92 Å². The Bertz CT molecular complexity index is 457. The van der Waals surface area contributed by atoms with Crippen LogP contribution in [0.25, 0.3) is 0 Å². The lowest BCUT2D eigenvalue weighted by atomic mass is 10.2. The number of esters is 1. The van der Waals surface area contributed by atoms with Gasteiger partial charge in [-0.25, -0.2) is 9.18 Å². The molecule has 1 atom stereocenters. The molecule has 0 N–H and O–H groups in total. The van der Waals surface area contributed by atoms with Gasteiger partial charge in [0.1, 0.15) is 11.6 Å². The van der Waals surface area contributed by atoms with E-state index < -0.39 is 29.6 Å². The summed E-state index contributed by atoms with van der Waals surface area (Å²) in [6.07, 6.45) is -5.64. The van der Waals surface area contributed by atoms with E-state index in [2.05, 4.69) is 4.74 Å². The molecule has 0 radical (unpaired) electrons. The molecule has 0 aromatic heterocycles. The second-order valence-corrected chi connectivity index (χ2v) is 3.68. The molecular weight excluding hydrogens is 268 g/mol. The fourth-order valence-electron chi connectivity index (χ4n) is 1.39. The van der Waals surface area contributed by atoms with Gasteiger partial charge in [-0.05, 0) is 24.6 Å². The summed E-state index contributed by atoms with van der Waals surface area (Å²) in [4.78, 5) is 11.3. The van der Waals surface area contributed by atoms with Gasteiger partial charge in [0.2, 0.25) is 0 Å². The summed E-state index contributed by atoms with van der Waals surface area (Å²) >= 11 is 0. The lowest BCUT2D eigenvalue weighted by Crippen LogP contribution is -2.27. The minimum absolute atomic E-state index is 0.214. The zero-order valence-corrected chi connectivity index (χ0v) is 10.3. The number of carbonyl (C=O) groups excluding carboxylic acids is 1. The summed E-state index contributed by atoms with van der Waals surface area (Å²) in [6, 6.07) is 2.18. The average Bonchev–Trinajstić information content (AvgIpc) is 2.35. The molecule has 0 fully saturated rings. The number of halogens is 4. The fraction of sp³-hybridized carbons (Fsp3) is 0.417. The van der Waals surface area contributed by atoms with Crippen LogP contribution in [0.5, 0.6) is 5.75 Å². The van der Waals surface area contributed by atoms with Crippen molar-refractivity contribution in [2.24, 2.45) is 0 Å². The molecule has 3 nitrogen and oxygen atoms in total. The van der Waals surface area contributed by atoms with Crippen molar-refractivity contribution >= 4 is 5.97 Å². The monoisotopic (exact) mass is 280 g/mol. The van der Waals surface area contributed by atoms with Gasteiger partial charge >= 0.3 is 12.1 Å². The molecule has 0 amide bonds. The van der Waals surface area contributed by atoms with Crippen LogP contribution in [0.2, 0.25) is 0 Å². The average molecular weight is 280 g/mol. The van der Waals surface area contributed by atoms with Crippen molar-refractivity contribution in [3.05, 3.63) is 29.6 Å². The molecule has 1 rings (SSSR count). The lowest BCUT2D eigenvalue weighted by molar-refractivity contribution is -0.148. The summed E-state index contributed by atoms with van der Waals surface area (Å²) in [5.74, 6) is -2.35. The van der Waals surface area contributed by atoms with Gasteiger partial charge in [-0.1, -0.05) is 6.92 Å². The third-order valence-corrected chi connectivity index (χ3v) is 2.36. The van der Waals surface area contributed by atoms with E-state index in [4.69, 9.17) is 4.74 Å². The number of rotatable bonds is 4. The number of ether oxygens (including phenoxy) is 2. The van der Waals surface area contributed by atoms with Gasteiger partial charge in [0.15, 0.2) is 6.10 Å². The maximum Gasteiger partial charge on any atom is 0.419 e. The molecule has 0 aliphatic heterocycles. The molecule has 0 bridgehead atoms. The van der Waals surface area contributed by atoms with Crippen LogP contribution in [0, 0.1) is 5.82 Å². The Morgan fingerprint density at radius 2 is 2.00 bits per heavy atom. The van der Waals surface area contributed by atoms with Gasteiger partial charge in [-0.3, -0.25) is 0 Å². The lowest BCUT2D eigenvalue weighted by Gasteiger charge is -2.16. The zero-order chi connectivity index (χ0) is 14.6. The molecule has 106 valence electrons. The number of hydrogen-bond donors (Lipinski definition) is 0. The summed E-state index contributed by atoms with van der Waals surface area (Å²) in [5.41, 5.74) is -1.44. The molecule has 0 aliphatic carbocycles. The number of alkyl halides is 3. The molecule has 7 heteroatoms.